The second-order valence-electron chi connectivity index (χ2n) is 7.45. The maximum atomic E-state index is 12.8. The van der Waals surface area contributed by atoms with Crippen molar-refractivity contribution >= 4 is 16.9 Å². The van der Waals surface area contributed by atoms with Gasteiger partial charge < -0.3 is 9.47 Å². The summed E-state index contributed by atoms with van der Waals surface area (Å²) in [7, 11) is 2.09. The van der Waals surface area contributed by atoms with E-state index in [-0.39, 0.29) is 5.92 Å². The molecule has 1 fully saturated rings. The van der Waals surface area contributed by atoms with E-state index >= 15 is 0 Å². The van der Waals surface area contributed by atoms with E-state index in [9.17, 15) is 4.79 Å². The molecule has 0 spiro atoms. The fraction of sp³-hybridized carbons (Fsp3) is 0.619. The van der Waals surface area contributed by atoms with Crippen LogP contribution >= 0.6 is 0 Å². The number of carbonyl (C=O) groups excluding carboxylic acids is 1. The molecule has 5 heteroatoms. The van der Waals surface area contributed by atoms with Crippen molar-refractivity contribution in [2.45, 2.75) is 46.1 Å². The van der Waals surface area contributed by atoms with Gasteiger partial charge in [0.15, 0.2) is 0 Å². The van der Waals surface area contributed by atoms with Gasteiger partial charge in [0, 0.05) is 26.1 Å². The van der Waals surface area contributed by atoms with Crippen molar-refractivity contribution in [3.63, 3.8) is 0 Å². The Balaban J connectivity index is 1.58. The smallest absolute Gasteiger partial charge is 0.225 e. The molecule has 1 aromatic carbocycles. The molecule has 1 aliphatic heterocycles. The molecule has 1 saturated heterocycles. The number of para-hydroxylation sites is 2. The number of carbonyl (C=O) groups is 1. The number of hydrogen-bond acceptors (Lipinski definition) is 3. The second kappa shape index (κ2) is 8.67. The van der Waals surface area contributed by atoms with Gasteiger partial charge in [-0.1, -0.05) is 26.0 Å². The van der Waals surface area contributed by atoms with Crippen molar-refractivity contribution in [2.75, 3.05) is 26.2 Å². The van der Waals surface area contributed by atoms with Crippen LogP contribution in [0.3, 0.4) is 0 Å². The van der Waals surface area contributed by atoms with Gasteiger partial charge in [-0.15, -0.1) is 0 Å². The highest BCUT2D eigenvalue weighted by atomic mass is 16.2. The molecule has 26 heavy (non-hydrogen) atoms. The third-order valence-corrected chi connectivity index (χ3v) is 5.48. The van der Waals surface area contributed by atoms with Crippen LogP contribution in [-0.4, -0.2) is 51.4 Å². The molecule has 0 radical (unpaired) electrons. The Bertz CT molecular complexity index is 725. The van der Waals surface area contributed by atoms with Crippen LogP contribution in [0, 0.1) is 5.92 Å². The summed E-state index contributed by atoms with van der Waals surface area (Å²) in [5.74, 6) is 1.68. The first kappa shape index (κ1) is 18.9. The lowest BCUT2D eigenvalue weighted by Crippen LogP contribution is -2.43. The minimum absolute atomic E-state index is 0.199. The third-order valence-electron chi connectivity index (χ3n) is 5.48. The molecule has 0 aliphatic carbocycles. The Morgan fingerprint density at radius 1 is 1.15 bits per heavy atom. The lowest BCUT2D eigenvalue weighted by atomic mass is 9.95. The molecular weight excluding hydrogens is 324 g/mol. The minimum Gasteiger partial charge on any atom is -0.342 e. The molecule has 5 nitrogen and oxygen atoms in total. The van der Waals surface area contributed by atoms with Gasteiger partial charge in [0.05, 0.1) is 17.6 Å². The number of aromatic nitrogens is 2. The highest BCUT2D eigenvalue weighted by molar-refractivity contribution is 5.79. The first-order chi connectivity index (χ1) is 12.6. The molecule has 2 aromatic rings. The van der Waals surface area contributed by atoms with Crippen molar-refractivity contribution in [3.8, 4) is 0 Å². The number of fused-ring (bicyclic) bond motifs is 1. The van der Waals surface area contributed by atoms with Crippen LogP contribution in [0.2, 0.25) is 0 Å². The quantitative estimate of drug-likeness (QED) is 0.763. The summed E-state index contributed by atoms with van der Waals surface area (Å²) in [5.41, 5.74) is 2.24. The number of nitrogens with zero attached hydrogens (tertiary/aromatic N) is 4. The van der Waals surface area contributed by atoms with Crippen molar-refractivity contribution in [1.29, 1.82) is 0 Å². The molecule has 3 rings (SSSR count). The third kappa shape index (κ3) is 4.09. The van der Waals surface area contributed by atoms with Crippen LogP contribution in [0.1, 0.15) is 45.4 Å². The van der Waals surface area contributed by atoms with Crippen molar-refractivity contribution in [3.05, 3.63) is 30.1 Å². The molecule has 0 N–H and O–H groups in total. The van der Waals surface area contributed by atoms with Crippen LogP contribution in [-0.2, 0) is 18.4 Å². The number of benzene rings is 1. The van der Waals surface area contributed by atoms with Gasteiger partial charge in [-0.05, 0) is 50.9 Å². The van der Waals surface area contributed by atoms with Gasteiger partial charge in [0.25, 0.3) is 0 Å². The number of likely N-dealkylation sites (tertiary alicyclic amines) is 1. The largest absolute Gasteiger partial charge is 0.342 e. The SMILES string of the molecule is CCCN(CCC)C(=O)C1CCN(Cc2nc3ccccc3n2C)CC1. The maximum absolute atomic E-state index is 12.8. The van der Waals surface area contributed by atoms with Crippen LogP contribution in [0.25, 0.3) is 11.0 Å². The number of rotatable bonds is 7. The fourth-order valence-electron chi connectivity index (χ4n) is 4.01. The Kier molecular flexibility index (Phi) is 6.30. The van der Waals surface area contributed by atoms with Gasteiger partial charge >= 0.3 is 0 Å². The summed E-state index contributed by atoms with van der Waals surface area (Å²) in [6, 6.07) is 8.28. The number of amides is 1. The summed E-state index contributed by atoms with van der Waals surface area (Å²) in [6.45, 7) is 8.90. The summed E-state index contributed by atoms with van der Waals surface area (Å²) >= 11 is 0. The van der Waals surface area contributed by atoms with E-state index in [0.29, 0.717) is 5.91 Å². The zero-order valence-electron chi connectivity index (χ0n) is 16.4. The zero-order valence-corrected chi connectivity index (χ0v) is 16.4. The maximum Gasteiger partial charge on any atom is 0.225 e. The zero-order chi connectivity index (χ0) is 18.5. The Morgan fingerprint density at radius 3 is 2.42 bits per heavy atom. The molecule has 2 heterocycles. The van der Waals surface area contributed by atoms with E-state index in [1.165, 1.54) is 5.52 Å². The van der Waals surface area contributed by atoms with Crippen LogP contribution in [0.4, 0.5) is 0 Å². The Hall–Kier alpha value is -1.88. The van der Waals surface area contributed by atoms with E-state index in [2.05, 4.69) is 53.5 Å². The molecule has 0 atom stereocenters. The predicted molar refractivity (Wildman–Crippen MR) is 106 cm³/mol. The first-order valence-electron chi connectivity index (χ1n) is 10.1. The first-order valence-corrected chi connectivity index (χ1v) is 10.1. The number of aryl methyl sites for hydroxylation is 1. The average molecular weight is 357 g/mol. The van der Waals surface area contributed by atoms with Gasteiger partial charge in [-0.2, -0.15) is 0 Å². The van der Waals surface area contributed by atoms with Gasteiger partial charge in [-0.3, -0.25) is 9.69 Å². The van der Waals surface area contributed by atoms with Gasteiger partial charge in [0.2, 0.25) is 5.91 Å². The average Bonchev–Trinajstić information content (AvgIpc) is 2.97. The van der Waals surface area contributed by atoms with Crippen molar-refractivity contribution in [2.24, 2.45) is 13.0 Å². The second-order valence-corrected chi connectivity index (χ2v) is 7.45. The lowest BCUT2D eigenvalue weighted by Gasteiger charge is -2.34. The lowest BCUT2D eigenvalue weighted by molar-refractivity contribution is -0.137. The van der Waals surface area contributed by atoms with Crippen LogP contribution in [0.15, 0.2) is 24.3 Å². The minimum atomic E-state index is 0.199. The van der Waals surface area contributed by atoms with E-state index in [1.807, 2.05) is 6.07 Å². The summed E-state index contributed by atoms with van der Waals surface area (Å²) < 4.78 is 2.19. The monoisotopic (exact) mass is 356 g/mol. The van der Waals surface area contributed by atoms with Crippen LogP contribution < -0.4 is 0 Å². The topological polar surface area (TPSA) is 41.4 Å². The molecule has 0 bridgehead atoms. The van der Waals surface area contributed by atoms with E-state index < -0.39 is 0 Å². The number of hydrogen-bond donors (Lipinski definition) is 0. The van der Waals surface area contributed by atoms with Gasteiger partial charge in [-0.25, -0.2) is 4.98 Å². The number of piperidine rings is 1. The van der Waals surface area contributed by atoms with Crippen molar-refractivity contribution in [1.82, 2.24) is 19.4 Å². The highest BCUT2D eigenvalue weighted by Gasteiger charge is 2.28. The molecule has 0 saturated carbocycles. The highest BCUT2D eigenvalue weighted by Crippen LogP contribution is 2.22. The van der Waals surface area contributed by atoms with E-state index in [1.54, 1.807) is 0 Å². The van der Waals surface area contributed by atoms with Crippen molar-refractivity contribution < 1.29 is 4.79 Å². The molecule has 1 aliphatic rings. The normalized spacial score (nSPS) is 16.3. The fourth-order valence-corrected chi connectivity index (χ4v) is 4.01. The summed E-state index contributed by atoms with van der Waals surface area (Å²) in [6.07, 6.45) is 4.01. The molecule has 142 valence electrons. The Morgan fingerprint density at radius 2 is 1.81 bits per heavy atom. The van der Waals surface area contributed by atoms with Crippen LogP contribution in [0.5, 0.6) is 0 Å². The van der Waals surface area contributed by atoms with E-state index in [4.69, 9.17) is 4.98 Å². The molecular formula is C21H32N4O. The molecule has 0 unspecified atom stereocenters. The van der Waals surface area contributed by atoms with Gasteiger partial charge in [0.1, 0.15) is 5.82 Å². The summed E-state index contributed by atoms with van der Waals surface area (Å²) in [4.78, 5) is 22.1. The predicted octanol–water partition coefficient (Wildman–Crippen LogP) is 3.43. The van der Waals surface area contributed by atoms with E-state index in [0.717, 1.165) is 69.7 Å². The molecule has 1 amide bonds. The molecule has 1 aromatic heterocycles. The standard InChI is InChI=1S/C21H32N4O/c1-4-12-25(13-5-2)21(26)17-10-14-24(15-11-17)16-20-22-18-8-6-7-9-19(18)23(20)3/h6-9,17H,4-5,10-16H2,1-3H3. The number of imidazole rings is 1. The Labute approximate surface area is 157 Å². The summed E-state index contributed by atoms with van der Waals surface area (Å²) in [5, 5.41) is 0.